The summed E-state index contributed by atoms with van der Waals surface area (Å²) in [6.07, 6.45) is 2.22. The lowest BCUT2D eigenvalue weighted by Gasteiger charge is -2.12. The van der Waals surface area contributed by atoms with Gasteiger partial charge in [-0.15, -0.1) is 0 Å². The summed E-state index contributed by atoms with van der Waals surface area (Å²) in [5.74, 6) is -0.533. The predicted octanol–water partition coefficient (Wildman–Crippen LogP) is 5.27. The average molecular weight is 390 g/mol. The maximum absolute atomic E-state index is 10.9. The molecule has 150 valence electrons. The summed E-state index contributed by atoms with van der Waals surface area (Å²) >= 11 is 0. The topological polar surface area (TPSA) is 85.4 Å². The third kappa shape index (κ3) is 5.82. The van der Waals surface area contributed by atoms with Crippen LogP contribution in [0.3, 0.4) is 0 Å². The largest absolute Gasteiger partial charge is 0.481 e. The molecule has 0 amide bonds. The Balaban J connectivity index is 1.77. The molecule has 1 aromatic heterocycles. The van der Waals surface area contributed by atoms with Crippen LogP contribution in [-0.2, 0) is 4.79 Å². The number of rotatable bonds is 9. The summed E-state index contributed by atoms with van der Waals surface area (Å²) < 4.78 is 5.91. The first-order valence-corrected chi connectivity index (χ1v) is 9.82. The van der Waals surface area contributed by atoms with Gasteiger partial charge in [-0.1, -0.05) is 49.4 Å². The molecule has 1 unspecified atom stereocenters. The zero-order valence-corrected chi connectivity index (χ0v) is 16.5. The molecule has 0 saturated carbocycles. The van der Waals surface area contributed by atoms with Gasteiger partial charge in [0.15, 0.2) is 0 Å². The van der Waals surface area contributed by atoms with E-state index in [2.05, 4.69) is 4.98 Å². The van der Waals surface area contributed by atoms with Crippen molar-refractivity contribution in [3.05, 3.63) is 66.7 Å². The molecule has 0 saturated heterocycles. The molecule has 0 aliphatic carbocycles. The van der Waals surface area contributed by atoms with Gasteiger partial charge in [-0.05, 0) is 48.6 Å². The highest BCUT2D eigenvalue weighted by Gasteiger charge is 2.11. The van der Waals surface area contributed by atoms with Gasteiger partial charge in [0.05, 0.1) is 18.2 Å². The fourth-order valence-electron chi connectivity index (χ4n) is 3.07. The number of benzene rings is 2. The van der Waals surface area contributed by atoms with Crippen LogP contribution in [0.5, 0.6) is 5.88 Å². The fourth-order valence-corrected chi connectivity index (χ4v) is 3.07. The molecule has 2 aromatic carbocycles. The number of carbonyl (C=O) groups is 1. The van der Waals surface area contributed by atoms with Crippen molar-refractivity contribution in [2.45, 2.75) is 26.2 Å². The van der Waals surface area contributed by atoms with Crippen molar-refractivity contribution in [1.29, 1.82) is 0 Å². The smallest absolute Gasteiger partial charge is 0.306 e. The maximum Gasteiger partial charge on any atom is 0.306 e. The third-order valence-corrected chi connectivity index (χ3v) is 4.79. The number of carboxylic acid groups (broad SMARTS) is 1. The Labute approximate surface area is 171 Å². The van der Waals surface area contributed by atoms with E-state index in [1.807, 2.05) is 66.7 Å². The average Bonchev–Trinajstić information content (AvgIpc) is 2.73. The monoisotopic (exact) mass is 390 g/mol. The van der Waals surface area contributed by atoms with Crippen molar-refractivity contribution in [3.8, 4) is 28.3 Å². The highest BCUT2D eigenvalue weighted by atomic mass is 16.5. The first-order valence-electron chi connectivity index (χ1n) is 9.82. The van der Waals surface area contributed by atoms with Gasteiger partial charge in [-0.2, -0.15) is 0 Å². The molecule has 3 N–H and O–H groups in total. The van der Waals surface area contributed by atoms with Gasteiger partial charge in [0.25, 0.3) is 0 Å². The standard InChI is InChI=1S/C24H26N2O3/c1-17(24(27)28)8-5-6-13-29-23-16-20(19-11-7-12-21(25)14-19)15-22(26-23)18-9-3-2-4-10-18/h2-4,7,9-12,14-17H,5-6,8,13,25H2,1H3,(H,27,28). The summed E-state index contributed by atoms with van der Waals surface area (Å²) in [5, 5.41) is 8.96. The molecule has 0 bridgehead atoms. The summed E-state index contributed by atoms with van der Waals surface area (Å²) in [7, 11) is 0. The minimum absolute atomic E-state index is 0.329. The van der Waals surface area contributed by atoms with Crippen LogP contribution in [0.2, 0.25) is 0 Å². The van der Waals surface area contributed by atoms with E-state index in [1.165, 1.54) is 0 Å². The van der Waals surface area contributed by atoms with Crippen molar-refractivity contribution in [1.82, 2.24) is 4.98 Å². The normalized spacial score (nSPS) is 11.8. The number of pyridine rings is 1. The molecule has 0 spiro atoms. The number of hydrogen-bond donors (Lipinski definition) is 2. The highest BCUT2D eigenvalue weighted by Crippen LogP contribution is 2.29. The zero-order chi connectivity index (χ0) is 20.6. The summed E-state index contributed by atoms with van der Waals surface area (Å²) in [6, 6.07) is 21.6. The van der Waals surface area contributed by atoms with Crippen LogP contribution in [-0.4, -0.2) is 22.7 Å². The van der Waals surface area contributed by atoms with E-state index in [-0.39, 0.29) is 5.92 Å². The van der Waals surface area contributed by atoms with E-state index in [0.717, 1.165) is 35.2 Å². The summed E-state index contributed by atoms with van der Waals surface area (Å²) in [4.78, 5) is 15.6. The number of hydrogen-bond acceptors (Lipinski definition) is 4. The molecule has 3 rings (SSSR count). The fraction of sp³-hybridized carbons (Fsp3) is 0.250. The number of aromatic nitrogens is 1. The molecule has 3 aromatic rings. The van der Waals surface area contributed by atoms with Gasteiger partial charge < -0.3 is 15.6 Å². The first-order chi connectivity index (χ1) is 14.0. The predicted molar refractivity (Wildman–Crippen MR) is 116 cm³/mol. The molecule has 5 nitrogen and oxygen atoms in total. The Morgan fingerprint density at radius 3 is 2.48 bits per heavy atom. The number of nitrogens with two attached hydrogens (primary N) is 1. The van der Waals surface area contributed by atoms with Gasteiger partial charge in [0, 0.05) is 17.3 Å². The van der Waals surface area contributed by atoms with E-state index in [4.69, 9.17) is 15.6 Å². The number of ether oxygens (including phenoxy) is 1. The van der Waals surface area contributed by atoms with Gasteiger partial charge in [-0.3, -0.25) is 4.79 Å². The van der Waals surface area contributed by atoms with E-state index in [1.54, 1.807) is 6.92 Å². The Morgan fingerprint density at radius 1 is 1.00 bits per heavy atom. The second-order valence-corrected chi connectivity index (χ2v) is 7.15. The number of nitrogens with zero attached hydrogens (tertiary/aromatic N) is 1. The third-order valence-electron chi connectivity index (χ3n) is 4.79. The number of unbranched alkanes of at least 4 members (excludes halogenated alkanes) is 1. The molecule has 29 heavy (non-hydrogen) atoms. The highest BCUT2D eigenvalue weighted by molar-refractivity contribution is 5.73. The van der Waals surface area contributed by atoms with Crippen molar-refractivity contribution in [2.75, 3.05) is 12.3 Å². The Bertz CT molecular complexity index is 957. The van der Waals surface area contributed by atoms with Crippen molar-refractivity contribution < 1.29 is 14.6 Å². The van der Waals surface area contributed by atoms with Crippen LogP contribution in [0.25, 0.3) is 22.4 Å². The molecule has 5 heteroatoms. The van der Waals surface area contributed by atoms with Crippen LogP contribution < -0.4 is 10.5 Å². The second-order valence-electron chi connectivity index (χ2n) is 7.15. The minimum Gasteiger partial charge on any atom is -0.481 e. The Hall–Kier alpha value is -3.34. The molecule has 1 heterocycles. The first kappa shape index (κ1) is 20.4. The summed E-state index contributed by atoms with van der Waals surface area (Å²) in [5.41, 5.74) is 10.5. The van der Waals surface area contributed by atoms with Crippen molar-refractivity contribution in [2.24, 2.45) is 5.92 Å². The number of aliphatic carboxylic acids is 1. The van der Waals surface area contributed by atoms with Gasteiger partial charge in [0.1, 0.15) is 0 Å². The molecule has 0 aliphatic rings. The zero-order valence-electron chi connectivity index (χ0n) is 16.5. The van der Waals surface area contributed by atoms with Crippen LogP contribution in [0, 0.1) is 5.92 Å². The molecule has 0 fully saturated rings. The van der Waals surface area contributed by atoms with Gasteiger partial charge in [-0.25, -0.2) is 4.98 Å². The Morgan fingerprint density at radius 2 is 1.76 bits per heavy atom. The van der Waals surface area contributed by atoms with Crippen molar-refractivity contribution >= 4 is 11.7 Å². The van der Waals surface area contributed by atoms with Crippen LogP contribution in [0.4, 0.5) is 5.69 Å². The molecule has 0 radical (unpaired) electrons. The number of nitrogen functional groups attached to an aromatic ring is 1. The van der Waals surface area contributed by atoms with Gasteiger partial charge >= 0.3 is 5.97 Å². The molecular formula is C24H26N2O3. The van der Waals surface area contributed by atoms with E-state index >= 15 is 0 Å². The second kappa shape index (κ2) is 9.73. The van der Waals surface area contributed by atoms with Crippen LogP contribution in [0.1, 0.15) is 26.2 Å². The van der Waals surface area contributed by atoms with E-state index < -0.39 is 5.97 Å². The van der Waals surface area contributed by atoms with Crippen LogP contribution in [0.15, 0.2) is 66.7 Å². The van der Waals surface area contributed by atoms with Crippen LogP contribution >= 0.6 is 0 Å². The lowest BCUT2D eigenvalue weighted by Crippen LogP contribution is -2.09. The lowest BCUT2D eigenvalue weighted by molar-refractivity contribution is -0.141. The Kier molecular flexibility index (Phi) is 6.85. The van der Waals surface area contributed by atoms with E-state index in [0.29, 0.717) is 24.6 Å². The summed E-state index contributed by atoms with van der Waals surface area (Å²) in [6.45, 7) is 2.22. The lowest BCUT2D eigenvalue weighted by atomic mass is 10.0. The molecule has 1 atom stereocenters. The molecular weight excluding hydrogens is 364 g/mol. The molecule has 0 aliphatic heterocycles. The van der Waals surface area contributed by atoms with E-state index in [9.17, 15) is 4.79 Å². The quantitative estimate of drug-likeness (QED) is 0.384. The number of anilines is 1. The maximum atomic E-state index is 10.9. The van der Waals surface area contributed by atoms with Gasteiger partial charge in [0.2, 0.25) is 5.88 Å². The van der Waals surface area contributed by atoms with Crippen molar-refractivity contribution in [3.63, 3.8) is 0 Å². The number of carboxylic acids is 1. The minimum atomic E-state index is -0.755. The SMILES string of the molecule is CC(CCCCOc1cc(-c2cccc(N)c2)cc(-c2ccccc2)n1)C(=O)O.